The van der Waals surface area contributed by atoms with Gasteiger partial charge in [-0.15, -0.1) is 11.3 Å². The molecule has 0 fully saturated rings. The molecule has 0 radical (unpaired) electrons. The quantitative estimate of drug-likeness (QED) is 0.479. The topological polar surface area (TPSA) is 90.3 Å². The summed E-state index contributed by atoms with van der Waals surface area (Å²) in [6.45, 7) is -0.168. The number of thiophene rings is 1. The van der Waals surface area contributed by atoms with Crippen molar-refractivity contribution in [3.8, 4) is 0 Å². The standard InChI is InChI=1S/C15H17N3O4S2/c1-18-14(21)12-8-4-3-5-9(8)24-13(12)17-15(18)23-7-10(19)16-6-11(20)22-2/h3-7H2,1-2H3,(H,16,19). The first-order chi connectivity index (χ1) is 11.5. The van der Waals surface area contributed by atoms with Gasteiger partial charge in [0.2, 0.25) is 5.91 Å². The van der Waals surface area contributed by atoms with Gasteiger partial charge in [-0.25, -0.2) is 4.98 Å². The van der Waals surface area contributed by atoms with Gasteiger partial charge in [0.1, 0.15) is 11.4 Å². The van der Waals surface area contributed by atoms with E-state index in [0.717, 1.165) is 35.0 Å². The minimum absolute atomic E-state index is 0.0585. The van der Waals surface area contributed by atoms with Crippen LogP contribution in [0.4, 0.5) is 0 Å². The van der Waals surface area contributed by atoms with E-state index in [1.807, 2.05) is 0 Å². The number of thioether (sulfide) groups is 1. The minimum atomic E-state index is -0.506. The Kier molecular flexibility index (Phi) is 4.91. The molecule has 0 aliphatic heterocycles. The van der Waals surface area contributed by atoms with E-state index in [1.54, 1.807) is 18.4 Å². The summed E-state index contributed by atoms with van der Waals surface area (Å²) in [6.07, 6.45) is 3.05. The lowest BCUT2D eigenvalue weighted by Crippen LogP contribution is -2.31. The second-order valence-electron chi connectivity index (χ2n) is 5.44. The van der Waals surface area contributed by atoms with Crippen LogP contribution in [-0.2, 0) is 34.2 Å². The number of methoxy groups -OCH3 is 1. The number of amides is 1. The first kappa shape index (κ1) is 17.0. The van der Waals surface area contributed by atoms with Crippen LogP contribution >= 0.6 is 23.1 Å². The molecule has 0 saturated carbocycles. The number of hydrogen-bond acceptors (Lipinski definition) is 7. The fraction of sp³-hybridized carbons (Fsp3) is 0.467. The number of hydrogen-bond donors (Lipinski definition) is 1. The first-order valence-corrected chi connectivity index (χ1v) is 9.29. The summed E-state index contributed by atoms with van der Waals surface area (Å²) < 4.78 is 5.95. The van der Waals surface area contributed by atoms with Crippen molar-refractivity contribution in [2.45, 2.75) is 24.4 Å². The van der Waals surface area contributed by atoms with E-state index in [0.29, 0.717) is 5.16 Å². The van der Waals surface area contributed by atoms with Crippen LogP contribution in [0.1, 0.15) is 16.9 Å². The predicted octanol–water partition coefficient (Wildman–Crippen LogP) is 0.865. The number of nitrogens with one attached hydrogen (secondary N) is 1. The maximum absolute atomic E-state index is 12.6. The van der Waals surface area contributed by atoms with Crippen LogP contribution in [0.3, 0.4) is 0 Å². The number of carbonyl (C=O) groups excluding carboxylic acids is 2. The molecule has 0 aromatic carbocycles. The molecule has 128 valence electrons. The highest BCUT2D eigenvalue weighted by Crippen LogP contribution is 2.35. The Morgan fingerprint density at radius 1 is 1.42 bits per heavy atom. The third-order valence-corrected chi connectivity index (χ3v) is 6.11. The molecular formula is C15H17N3O4S2. The molecule has 0 spiro atoms. The van der Waals surface area contributed by atoms with Crippen molar-refractivity contribution >= 4 is 45.2 Å². The zero-order chi connectivity index (χ0) is 17.3. The largest absolute Gasteiger partial charge is 0.468 e. The van der Waals surface area contributed by atoms with Crippen LogP contribution < -0.4 is 10.9 Å². The van der Waals surface area contributed by atoms with Crippen molar-refractivity contribution < 1.29 is 14.3 Å². The average Bonchev–Trinajstić information content (AvgIpc) is 3.14. The Hall–Kier alpha value is -1.87. The van der Waals surface area contributed by atoms with Crippen LogP contribution in [0.2, 0.25) is 0 Å². The van der Waals surface area contributed by atoms with Gasteiger partial charge in [-0.3, -0.25) is 19.0 Å². The Labute approximate surface area is 146 Å². The molecule has 2 heterocycles. The zero-order valence-electron chi connectivity index (χ0n) is 13.4. The fourth-order valence-electron chi connectivity index (χ4n) is 2.66. The normalized spacial score (nSPS) is 13.1. The molecule has 3 rings (SSSR count). The molecule has 2 aromatic rings. The van der Waals surface area contributed by atoms with Gasteiger partial charge in [0.25, 0.3) is 5.56 Å². The number of nitrogens with zero attached hydrogens (tertiary/aromatic N) is 2. The van der Waals surface area contributed by atoms with Crippen LogP contribution in [0.25, 0.3) is 10.2 Å². The van der Waals surface area contributed by atoms with Crippen molar-refractivity contribution in [1.29, 1.82) is 0 Å². The molecule has 24 heavy (non-hydrogen) atoms. The van der Waals surface area contributed by atoms with Crippen LogP contribution in [-0.4, -0.2) is 40.8 Å². The summed E-state index contributed by atoms with van der Waals surface area (Å²) in [5, 5.41) is 3.69. The number of rotatable bonds is 5. The van der Waals surface area contributed by atoms with Gasteiger partial charge in [-0.1, -0.05) is 11.8 Å². The summed E-state index contributed by atoms with van der Waals surface area (Å²) >= 11 is 2.75. The number of aromatic nitrogens is 2. The van der Waals surface area contributed by atoms with Crippen molar-refractivity contribution in [3.05, 3.63) is 20.8 Å². The van der Waals surface area contributed by atoms with Crippen LogP contribution in [0, 0.1) is 0 Å². The van der Waals surface area contributed by atoms with Crippen molar-refractivity contribution in [2.75, 3.05) is 19.4 Å². The van der Waals surface area contributed by atoms with E-state index in [-0.39, 0.29) is 23.8 Å². The van der Waals surface area contributed by atoms with E-state index in [9.17, 15) is 14.4 Å². The number of esters is 1. The van der Waals surface area contributed by atoms with Gasteiger partial charge in [0.05, 0.1) is 18.2 Å². The Morgan fingerprint density at radius 3 is 2.96 bits per heavy atom. The predicted molar refractivity (Wildman–Crippen MR) is 92.6 cm³/mol. The molecule has 1 N–H and O–H groups in total. The molecule has 7 nitrogen and oxygen atoms in total. The molecule has 0 bridgehead atoms. The monoisotopic (exact) mass is 367 g/mol. The van der Waals surface area contributed by atoms with Gasteiger partial charge in [-0.2, -0.15) is 0 Å². The van der Waals surface area contributed by atoms with Crippen molar-refractivity contribution in [2.24, 2.45) is 7.05 Å². The maximum atomic E-state index is 12.6. The second-order valence-corrected chi connectivity index (χ2v) is 7.46. The summed E-state index contributed by atoms with van der Waals surface area (Å²) in [5.74, 6) is -0.741. The molecule has 0 saturated heterocycles. The van der Waals surface area contributed by atoms with E-state index in [2.05, 4.69) is 15.0 Å². The van der Waals surface area contributed by atoms with Gasteiger partial charge >= 0.3 is 5.97 Å². The third-order valence-electron chi connectivity index (χ3n) is 3.90. The molecule has 1 aliphatic rings. The lowest BCUT2D eigenvalue weighted by molar-refractivity contribution is -0.140. The molecule has 1 amide bonds. The highest BCUT2D eigenvalue weighted by Gasteiger charge is 2.22. The molecule has 0 atom stereocenters. The molecule has 1 aliphatic carbocycles. The van der Waals surface area contributed by atoms with Crippen LogP contribution in [0.5, 0.6) is 0 Å². The lowest BCUT2D eigenvalue weighted by Gasteiger charge is -2.08. The SMILES string of the molecule is COC(=O)CNC(=O)CSc1nc2sc3c(c2c(=O)n1C)CCC3. The number of ether oxygens (including phenoxy) is 1. The number of carbonyl (C=O) groups is 2. The second kappa shape index (κ2) is 6.94. The summed E-state index contributed by atoms with van der Waals surface area (Å²) in [5.41, 5.74) is 1.09. The summed E-state index contributed by atoms with van der Waals surface area (Å²) in [4.78, 5) is 41.9. The van der Waals surface area contributed by atoms with Crippen LogP contribution in [0.15, 0.2) is 9.95 Å². The fourth-order valence-corrected chi connectivity index (χ4v) is 4.76. The lowest BCUT2D eigenvalue weighted by atomic mass is 10.2. The van der Waals surface area contributed by atoms with Crippen molar-refractivity contribution in [1.82, 2.24) is 14.9 Å². The number of fused-ring (bicyclic) bond motifs is 3. The Bertz CT molecular complexity index is 872. The summed E-state index contributed by atoms with van der Waals surface area (Å²) in [6, 6.07) is 0. The highest BCUT2D eigenvalue weighted by atomic mass is 32.2. The Morgan fingerprint density at radius 2 is 2.21 bits per heavy atom. The minimum Gasteiger partial charge on any atom is -0.468 e. The molecule has 2 aromatic heterocycles. The van der Waals surface area contributed by atoms with E-state index < -0.39 is 5.97 Å². The van der Waals surface area contributed by atoms with Gasteiger partial charge in [-0.05, 0) is 24.8 Å². The van der Waals surface area contributed by atoms with Gasteiger partial charge < -0.3 is 10.1 Å². The smallest absolute Gasteiger partial charge is 0.325 e. The third kappa shape index (κ3) is 3.18. The molecule has 9 heteroatoms. The van der Waals surface area contributed by atoms with E-state index >= 15 is 0 Å². The van der Waals surface area contributed by atoms with Gasteiger partial charge in [0.15, 0.2) is 5.16 Å². The van der Waals surface area contributed by atoms with E-state index in [4.69, 9.17) is 0 Å². The van der Waals surface area contributed by atoms with Gasteiger partial charge in [0, 0.05) is 11.9 Å². The average molecular weight is 367 g/mol. The summed E-state index contributed by atoms with van der Waals surface area (Å²) in [7, 11) is 2.93. The van der Waals surface area contributed by atoms with Crippen molar-refractivity contribution in [3.63, 3.8) is 0 Å². The molecule has 0 unspecified atom stereocenters. The highest BCUT2D eigenvalue weighted by molar-refractivity contribution is 7.99. The van der Waals surface area contributed by atoms with E-state index in [1.165, 1.54) is 28.3 Å². The maximum Gasteiger partial charge on any atom is 0.325 e. The molecular weight excluding hydrogens is 350 g/mol. The zero-order valence-corrected chi connectivity index (χ0v) is 15.0. The first-order valence-electron chi connectivity index (χ1n) is 7.49. The number of aryl methyl sites for hydroxylation is 2. The Balaban J connectivity index is 1.76.